The first kappa shape index (κ1) is 8.99. The van der Waals surface area contributed by atoms with E-state index in [0.717, 1.165) is 6.54 Å². The SMILES string of the molecule is CN(C)CCN1CC(=O)OC1=O. The number of carbonyl (C=O) groups excluding carboxylic acids is 2. The van der Waals surface area contributed by atoms with Crippen molar-refractivity contribution in [1.29, 1.82) is 0 Å². The third-order valence-corrected chi connectivity index (χ3v) is 1.60. The van der Waals surface area contributed by atoms with Crippen molar-refractivity contribution in [2.24, 2.45) is 0 Å². The first-order chi connectivity index (χ1) is 5.59. The van der Waals surface area contributed by atoms with Crippen LogP contribution < -0.4 is 0 Å². The van der Waals surface area contributed by atoms with Gasteiger partial charge in [0.25, 0.3) is 0 Å². The maximum absolute atomic E-state index is 10.9. The monoisotopic (exact) mass is 172 g/mol. The van der Waals surface area contributed by atoms with Crippen LogP contribution in [-0.2, 0) is 9.53 Å². The lowest BCUT2D eigenvalue weighted by Gasteiger charge is -2.14. The summed E-state index contributed by atoms with van der Waals surface area (Å²) in [5.74, 6) is -0.459. The molecule has 1 aliphatic rings. The smallest absolute Gasteiger partial charge is 0.375 e. The molecular formula is C7H12N2O3. The second-order valence-electron chi connectivity index (χ2n) is 2.96. The molecule has 0 aliphatic carbocycles. The van der Waals surface area contributed by atoms with Crippen molar-refractivity contribution in [3.63, 3.8) is 0 Å². The van der Waals surface area contributed by atoms with Crippen LogP contribution in [0, 0.1) is 0 Å². The lowest BCUT2D eigenvalue weighted by atomic mass is 10.5. The van der Waals surface area contributed by atoms with E-state index in [1.165, 1.54) is 4.90 Å². The Bertz CT molecular complexity index is 203. The highest BCUT2D eigenvalue weighted by Crippen LogP contribution is 2.03. The van der Waals surface area contributed by atoms with E-state index in [1.54, 1.807) is 0 Å². The predicted octanol–water partition coefficient (Wildman–Crippen LogP) is -0.473. The summed E-state index contributed by atoms with van der Waals surface area (Å²) in [6, 6.07) is 0. The van der Waals surface area contributed by atoms with Crippen molar-refractivity contribution >= 4 is 12.1 Å². The number of amides is 1. The Labute approximate surface area is 70.9 Å². The molecule has 0 atom stereocenters. The van der Waals surface area contributed by atoms with E-state index in [4.69, 9.17) is 0 Å². The molecule has 5 heteroatoms. The fraction of sp³-hybridized carbons (Fsp3) is 0.714. The lowest BCUT2D eigenvalue weighted by molar-refractivity contribution is -0.132. The molecule has 1 amide bonds. The molecule has 68 valence electrons. The highest BCUT2D eigenvalue weighted by atomic mass is 16.6. The maximum Gasteiger partial charge on any atom is 0.418 e. The molecule has 0 aromatic carbocycles. The van der Waals surface area contributed by atoms with E-state index in [2.05, 4.69) is 4.74 Å². The summed E-state index contributed by atoms with van der Waals surface area (Å²) in [6.45, 7) is 1.37. The van der Waals surface area contributed by atoms with Gasteiger partial charge in [-0.1, -0.05) is 0 Å². The molecule has 1 heterocycles. The molecule has 0 saturated carbocycles. The molecule has 1 aliphatic heterocycles. The summed E-state index contributed by atoms with van der Waals surface area (Å²) in [6.07, 6.45) is -0.526. The maximum atomic E-state index is 10.9. The van der Waals surface area contributed by atoms with Gasteiger partial charge in [0.15, 0.2) is 0 Å². The van der Waals surface area contributed by atoms with E-state index in [1.807, 2.05) is 19.0 Å². The van der Waals surface area contributed by atoms with Gasteiger partial charge in [-0.2, -0.15) is 0 Å². The minimum absolute atomic E-state index is 0.0900. The molecule has 12 heavy (non-hydrogen) atoms. The number of cyclic esters (lactones) is 2. The Kier molecular flexibility index (Phi) is 2.65. The van der Waals surface area contributed by atoms with Gasteiger partial charge in [-0.3, -0.25) is 4.90 Å². The molecule has 5 nitrogen and oxygen atoms in total. The number of likely N-dealkylation sites (N-methyl/N-ethyl adjacent to an activating group) is 1. The number of ether oxygens (including phenoxy) is 1. The third-order valence-electron chi connectivity index (χ3n) is 1.60. The van der Waals surface area contributed by atoms with Crippen molar-refractivity contribution in [1.82, 2.24) is 9.80 Å². The Morgan fingerprint density at radius 3 is 2.58 bits per heavy atom. The number of esters is 1. The largest absolute Gasteiger partial charge is 0.418 e. The Morgan fingerprint density at radius 2 is 2.17 bits per heavy atom. The van der Waals surface area contributed by atoms with E-state index < -0.39 is 12.1 Å². The Morgan fingerprint density at radius 1 is 1.50 bits per heavy atom. The summed E-state index contributed by atoms with van der Waals surface area (Å²) >= 11 is 0. The normalized spacial score (nSPS) is 17.4. The molecule has 0 N–H and O–H groups in total. The predicted molar refractivity (Wildman–Crippen MR) is 41.6 cm³/mol. The van der Waals surface area contributed by atoms with Crippen LogP contribution in [-0.4, -0.2) is 55.6 Å². The first-order valence-corrected chi connectivity index (χ1v) is 3.74. The van der Waals surface area contributed by atoms with E-state index in [9.17, 15) is 9.59 Å². The Hall–Kier alpha value is -1.10. The third kappa shape index (κ3) is 2.20. The van der Waals surface area contributed by atoms with Crippen LogP contribution in [0.25, 0.3) is 0 Å². The average Bonchev–Trinajstić information content (AvgIpc) is 2.26. The fourth-order valence-electron chi connectivity index (χ4n) is 0.906. The van der Waals surface area contributed by atoms with Crippen LogP contribution in [0.15, 0.2) is 0 Å². The standard InChI is InChI=1S/C7H12N2O3/c1-8(2)3-4-9-5-6(10)12-7(9)11/h3-5H2,1-2H3. The second-order valence-corrected chi connectivity index (χ2v) is 2.96. The second kappa shape index (κ2) is 3.53. The lowest BCUT2D eigenvalue weighted by Crippen LogP contribution is -2.32. The van der Waals surface area contributed by atoms with Crippen LogP contribution in [0.1, 0.15) is 0 Å². The number of rotatable bonds is 3. The summed E-state index contributed by atoms with van der Waals surface area (Å²) in [7, 11) is 3.81. The van der Waals surface area contributed by atoms with Gasteiger partial charge in [-0.05, 0) is 14.1 Å². The minimum atomic E-state index is -0.526. The number of hydrogen-bond donors (Lipinski definition) is 0. The van der Waals surface area contributed by atoms with Crippen LogP contribution in [0.5, 0.6) is 0 Å². The van der Waals surface area contributed by atoms with E-state index >= 15 is 0 Å². The summed E-state index contributed by atoms with van der Waals surface area (Å²) < 4.78 is 4.34. The van der Waals surface area contributed by atoms with Crippen LogP contribution in [0.3, 0.4) is 0 Å². The number of nitrogens with zero attached hydrogens (tertiary/aromatic N) is 2. The van der Waals surface area contributed by atoms with Gasteiger partial charge in [0.1, 0.15) is 6.54 Å². The molecule has 0 aromatic rings. The Balaban J connectivity index is 2.33. The molecule has 0 unspecified atom stereocenters. The minimum Gasteiger partial charge on any atom is -0.375 e. The van der Waals surface area contributed by atoms with Gasteiger partial charge >= 0.3 is 12.1 Å². The van der Waals surface area contributed by atoms with Crippen LogP contribution in [0.2, 0.25) is 0 Å². The first-order valence-electron chi connectivity index (χ1n) is 3.74. The zero-order valence-electron chi connectivity index (χ0n) is 7.24. The molecule has 0 spiro atoms. The molecule has 1 fully saturated rings. The van der Waals surface area contributed by atoms with Crippen LogP contribution in [0.4, 0.5) is 4.79 Å². The molecule has 1 saturated heterocycles. The molecular weight excluding hydrogens is 160 g/mol. The van der Waals surface area contributed by atoms with E-state index in [-0.39, 0.29) is 6.54 Å². The summed E-state index contributed by atoms with van der Waals surface area (Å²) in [5.41, 5.74) is 0. The quantitative estimate of drug-likeness (QED) is 0.426. The zero-order valence-corrected chi connectivity index (χ0v) is 7.24. The van der Waals surface area contributed by atoms with Gasteiger partial charge in [0, 0.05) is 13.1 Å². The van der Waals surface area contributed by atoms with Crippen molar-refractivity contribution in [3.8, 4) is 0 Å². The van der Waals surface area contributed by atoms with E-state index in [0.29, 0.717) is 6.54 Å². The molecule has 0 bridgehead atoms. The topological polar surface area (TPSA) is 49.9 Å². The summed E-state index contributed by atoms with van der Waals surface area (Å²) in [4.78, 5) is 24.8. The zero-order chi connectivity index (χ0) is 9.14. The van der Waals surface area contributed by atoms with Crippen molar-refractivity contribution < 1.29 is 14.3 Å². The number of carbonyl (C=O) groups is 2. The van der Waals surface area contributed by atoms with Crippen LogP contribution >= 0.6 is 0 Å². The molecule has 0 aromatic heterocycles. The highest BCUT2D eigenvalue weighted by Gasteiger charge is 2.28. The summed E-state index contributed by atoms with van der Waals surface area (Å²) in [5, 5.41) is 0. The number of hydrogen-bond acceptors (Lipinski definition) is 4. The van der Waals surface area contributed by atoms with Gasteiger partial charge in [0.05, 0.1) is 0 Å². The molecule has 1 rings (SSSR count). The van der Waals surface area contributed by atoms with Crippen molar-refractivity contribution in [2.45, 2.75) is 0 Å². The average molecular weight is 172 g/mol. The fourth-order valence-corrected chi connectivity index (χ4v) is 0.906. The van der Waals surface area contributed by atoms with Gasteiger partial charge in [-0.15, -0.1) is 0 Å². The van der Waals surface area contributed by atoms with Gasteiger partial charge < -0.3 is 9.64 Å². The van der Waals surface area contributed by atoms with Crippen molar-refractivity contribution in [3.05, 3.63) is 0 Å². The van der Waals surface area contributed by atoms with Crippen molar-refractivity contribution in [2.75, 3.05) is 33.7 Å². The highest BCUT2D eigenvalue weighted by molar-refractivity contribution is 5.92. The molecule has 0 radical (unpaired) electrons. The van der Waals surface area contributed by atoms with Gasteiger partial charge in [-0.25, -0.2) is 9.59 Å². The van der Waals surface area contributed by atoms with Gasteiger partial charge in [0.2, 0.25) is 0 Å².